The van der Waals surface area contributed by atoms with Gasteiger partial charge in [0.05, 0.1) is 20.3 Å². The average Bonchev–Trinajstić information content (AvgIpc) is 2.16. The summed E-state index contributed by atoms with van der Waals surface area (Å²) >= 11 is 0. The summed E-state index contributed by atoms with van der Waals surface area (Å²) in [5.41, 5.74) is 4.90. The van der Waals surface area contributed by atoms with Crippen LogP contribution in [-0.2, 0) is 0 Å². The van der Waals surface area contributed by atoms with Crippen molar-refractivity contribution in [1.82, 2.24) is 9.97 Å². The molecular formula is C7H11N4NaO3. The van der Waals surface area contributed by atoms with Crippen molar-refractivity contribution in [3.8, 4) is 11.8 Å². The third-order valence-electron chi connectivity index (χ3n) is 1.33. The van der Waals surface area contributed by atoms with E-state index in [1.165, 1.54) is 20.3 Å². The van der Waals surface area contributed by atoms with Gasteiger partial charge in [-0.3, -0.25) is 5.32 Å². The summed E-state index contributed by atoms with van der Waals surface area (Å²) in [6, 6.07) is 0.729. The molecule has 0 fully saturated rings. The molecule has 0 atom stereocenters. The predicted molar refractivity (Wildman–Crippen MR) is 55.5 cm³/mol. The van der Waals surface area contributed by atoms with E-state index in [9.17, 15) is 4.79 Å². The fraction of sp³-hybridized carbons (Fsp3) is 0.286. The summed E-state index contributed by atoms with van der Waals surface area (Å²) in [6.45, 7) is 0. The van der Waals surface area contributed by atoms with Crippen LogP contribution in [0.1, 0.15) is 0 Å². The van der Waals surface area contributed by atoms with Gasteiger partial charge in [-0.1, -0.05) is 0 Å². The molecule has 0 saturated heterocycles. The summed E-state index contributed by atoms with van der Waals surface area (Å²) in [6.07, 6.45) is 0. The molecule has 7 nitrogen and oxygen atoms in total. The van der Waals surface area contributed by atoms with E-state index in [2.05, 4.69) is 15.3 Å². The molecule has 0 aliphatic rings. The zero-order chi connectivity index (χ0) is 10.6. The van der Waals surface area contributed by atoms with Crippen molar-refractivity contribution in [3.05, 3.63) is 6.07 Å². The minimum absolute atomic E-state index is 0. The Morgan fingerprint density at radius 2 is 1.80 bits per heavy atom. The van der Waals surface area contributed by atoms with E-state index in [0.29, 0.717) is 0 Å². The third kappa shape index (κ3) is 4.32. The molecule has 0 aliphatic carbocycles. The first kappa shape index (κ1) is 13.9. The molecule has 1 aromatic heterocycles. The van der Waals surface area contributed by atoms with Crippen LogP contribution in [0.2, 0.25) is 0 Å². The van der Waals surface area contributed by atoms with E-state index in [1.807, 2.05) is 0 Å². The van der Waals surface area contributed by atoms with Crippen LogP contribution in [0.15, 0.2) is 6.07 Å². The topological polar surface area (TPSA) is 99.4 Å². The first-order valence-corrected chi connectivity index (χ1v) is 3.69. The van der Waals surface area contributed by atoms with Crippen LogP contribution >= 0.6 is 0 Å². The number of hydrogen-bond acceptors (Lipinski definition) is 5. The molecule has 0 bridgehead atoms. The van der Waals surface area contributed by atoms with Crippen LogP contribution in [0.4, 0.5) is 10.7 Å². The molecule has 3 N–H and O–H groups in total. The summed E-state index contributed by atoms with van der Waals surface area (Å²) in [5, 5.41) is 2.21. The zero-order valence-electron chi connectivity index (χ0n) is 7.77. The molecule has 1 heterocycles. The predicted octanol–water partition coefficient (Wildman–Crippen LogP) is -0.664. The summed E-state index contributed by atoms with van der Waals surface area (Å²) in [7, 11) is 2.88. The zero-order valence-corrected chi connectivity index (χ0v) is 7.77. The number of urea groups is 1. The number of nitrogens with zero attached hydrogens (tertiary/aromatic N) is 2. The second-order valence-corrected chi connectivity index (χ2v) is 2.27. The molecule has 8 heteroatoms. The van der Waals surface area contributed by atoms with Crippen LogP contribution in [0.25, 0.3) is 0 Å². The van der Waals surface area contributed by atoms with Crippen molar-refractivity contribution in [2.75, 3.05) is 19.5 Å². The van der Waals surface area contributed by atoms with Gasteiger partial charge in [-0.2, -0.15) is 9.97 Å². The monoisotopic (exact) mass is 222 g/mol. The van der Waals surface area contributed by atoms with E-state index in [0.717, 1.165) is 0 Å². The van der Waals surface area contributed by atoms with E-state index >= 15 is 0 Å². The number of methoxy groups -OCH3 is 2. The molecule has 0 aromatic carbocycles. The van der Waals surface area contributed by atoms with Gasteiger partial charge in [-0.25, -0.2) is 4.79 Å². The Balaban J connectivity index is 0.00000196. The average molecular weight is 222 g/mol. The SMILES string of the molecule is COc1cc(OC)nc(NC(N)=O)n1.[NaH]. The second-order valence-electron chi connectivity index (χ2n) is 2.27. The van der Waals surface area contributed by atoms with E-state index in [-0.39, 0.29) is 47.3 Å². The molecule has 0 spiro atoms. The fourth-order valence-corrected chi connectivity index (χ4v) is 0.779. The fourth-order valence-electron chi connectivity index (χ4n) is 0.779. The van der Waals surface area contributed by atoms with Crippen molar-refractivity contribution in [2.24, 2.45) is 5.73 Å². The number of ether oxygens (including phenoxy) is 2. The molecule has 1 rings (SSSR count). The Morgan fingerprint density at radius 3 is 2.13 bits per heavy atom. The number of rotatable bonds is 3. The summed E-state index contributed by atoms with van der Waals surface area (Å²) < 4.78 is 9.71. The second kappa shape index (κ2) is 6.44. The van der Waals surface area contributed by atoms with Gasteiger partial charge in [0, 0.05) is 0 Å². The van der Waals surface area contributed by atoms with E-state index in [4.69, 9.17) is 15.2 Å². The van der Waals surface area contributed by atoms with Gasteiger partial charge in [0.1, 0.15) is 0 Å². The van der Waals surface area contributed by atoms with Gasteiger partial charge >= 0.3 is 35.6 Å². The number of anilines is 1. The van der Waals surface area contributed by atoms with Crippen molar-refractivity contribution in [2.45, 2.75) is 0 Å². The van der Waals surface area contributed by atoms with Crippen LogP contribution in [0.3, 0.4) is 0 Å². The molecule has 0 unspecified atom stereocenters. The van der Waals surface area contributed by atoms with Gasteiger partial charge in [0.2, 0.25) is 17.7 Å². The number of hydrogen-bond donors (Lipinski definition) is 2. The van der Waals surface area contributed by atoms with Crippen molar-refractivity contribution < 1.29 is 14.3 Å². The Kier molecular flexibility index (Phi) is 5.99. The van der Waals surface area contributed by atoms with Gasteiger partial charge < -0.3 is 15.2 Å². The van der Waals surface area contributed by atoms with Crippen molar-refractivity contribution in [1.29, 1.82) is 0 Å². The van der Waals surface area contributed by atoms with Crippen LogP contribution < -0.4 is 20.5 Å². The van der Waals surface area contributed by atoms with Gasteiger partial charge in [-0.05, 0) is 0 Å². The molecule has 0 saturated carbocycles. The maximum absolute atomic E-state index is 10.5. The van der Waals surface area contributed by atoms with Crippen LogP contribution in [0, 0.1) is 0 Å². The number of carbonyl (C=O) groups is 1. The quantitative estimate of drug-likeness (QED) is 0.661. The van der Waals surface area contributed by atoms with Gasteiger partial charge in [0.15, 0.2) is 0 Å². The first-order chi connectivity index (χ1) is 6.65. The minimum atomic E-state index is -0.750. The maximum atomic E-state index is 10.5. The number of nitrogens with one attached hydrogen (secondary N) is 1. The number of nitrogens with two attached hydrogens (primary N) is 1. The van der Waals surface area contributed by atoms with Crippen LogP contribution in [-0.4, -0.2) is 59.8 Å². The van der Waals surface area contributed by atoms with Crippen LogP contribution in [0.5, 0.6) is 11.8 Å². The summed E-state index contributed by atoms with van der Waals surface area (Å²) in [5.74, 6) is 0.593. The normalized spacial score (nSPS) is 8.67. The molecule has 2 amide bonds. The molecule has 1 aromatic rings. The molecule has 0 radical (unpaired) electrons. The first-order valence-electron chi connectivity index (χ1n) is 3.69. The van der Waals surface area contributed by atoms with Gasteiger partial charge in [0.25, 0.3) is 0 Å². The molecular weight excluding hydrogens is 211 g/mol. The Bertz CT molecular complexity index is 325. The Hall–Kier alpha value is -1.05. The van der Waals surface area contributed by atoms with Crippen molar-refractivity contribution >= 4 is 41.5 Å². The van der Waals surface area contributed by atoms with E-state index in [1.54, 1.807) is 0 Å². The standard InChI is InChI=1S/C7H10N4O3.Na.H/c1-13-4-3-5(14-2)10-7(9-4)11-6(8)12;;/h3H,1-2H3,(H3,8,9,10,11,12);;. The van der Waals surface area contributed by atoms with E-state index < -0.39 is 6.03 Å². The number of aromatic nitrogens is 2. The Labute approximate surface area is 109 Å². The molecule has 0 aliphatic heterocycles. The molecule has 15 heavy (non-hydrogen) atoms. The Morgan fingerprint density at radius 1 is 1.33 bits per heavy atom. The number of amides is 2. The molecule has 78 valence electrons. The summed E-state index contributed by atoms with van der Waals surface area (Å²) in [4.78, 5) is 18.1. The van der Waals surface area contributed by atoms with Gasteiger partial charge in [-0.15, -0.1) is 0 Å². The third-order valence-corrected chi connectivity index (χ3v) is 1.33. The number of carbonyl (C=O) groups excluding carboxylic acids is 1. The number of primary amides is 1. The van der Waals surface area contributed by atoms with Crippen molar-refractivity contribution in [3.63, 3.8) is 0 Å².